The van der Waals surface area contributed by atoms with Gasteiger partial charge in [0.25, 0.3) is 0 Å². The number of halogens is 3. The molecule has 1 aromatic heterocycles. The van der Waals surface area contributed by atoms with Gasteiger partial charge in [0.15, 0.2) is 0 Å². The van der Waals surface area contributed by atoms with Gasteiger partial charge in [-0.25, -0.2) is 0 Å². The van der Waals surface area contributed by atoms with Crippen LogP contribution in [0.25, 0.3) is 0 Å². The van der Waals surface area contributed by atoms with Crippen molar-refractivity contribution in [2.45, 2.75) is 22.6 Å². The van der Waals surface area contributed by atoms with Crippen LogP contribution >= 0.6 is 24.4 Å². The number of alkyl halides is 3. The zero-order valence-corrected chi connectivity index (χ0v) is 8.96. The molecule has 1 nitrogen and oxygen atoms in total. The van der Waals surface area contributed by atoms with Gasteiger partial charge in [0.05, 0.1) is 5.69 Å². The molecule has 1 aromatic rings. The molecule has 0 saturated carbocycles. The Morgan fingerprint density at radius 3 is 2.43 bits per heavy atom. The molecule has 0 saturated heterocycles. The molecule has 0 aliphatic carbocycles. The van der Waals surface area contributed by atoms with Crippen LogP contribution in [0.15, 0.2) is 23.2 Å². The van der Waals surface area contributed by atoms with Crippen LogP contribution < -0.4 is 0 Å². The van der Waals surface area contributed by atoms with Gasteiger partial charge in [0, 0.05) is 16.3 Å². The van der Waals surface area contributed by atoms with Crippen molar-refractivity contribution in [2.75, 3.05) is 0 Å². The van der Waals surface area contributed by atoms with Crippen molar-refractivity contribution < 1.29 is 13.2 Å². The standard InChI is InChI=1S/C8H8F3NS2/c1-5(13)7-3-2-6(4-12-7)14-8(9,10)11/h2-5,13H,1H3. The number of thiol groups is 1. The Kier molecular flexibility index (Phi) is 3.71. The molecule has 0 aromatic carbocycles. The normalized spacial score (nSPS) is 14.1. The first kappa shape index (κ1) is 11.7. The van der Waals surface area contributed by atoms with Crippen molar-refractivity contribution in [3.8, 4) is 0 Å². The SMILES string of the molecule is CC(S)c1ccc(SC(F)(F)F)cn1. The maximum absolute atomic E-state index is 11.9. The molecule has 0 N–H and O–H groups in total. The van der Waals surface area contributed by atoms with Gasteiger partial charge in [0.2, 0.25) is 0 Å². The fourth-order valence-electron chi connectivity index (χ4n) is 0.833. The summed E-state index contributed by atoms with van der Waals surface area (Å²) in [5.74, 6) is 0. The van der Waals surface area contributed by atoms with E-state index in [9.17, 15) is 13.2 Å². The predicted molar refractivity (Wildman–Crippen MR) is 53.6 cm³/mol. The van der Waals surface area contributed by atoms with Crippen LogP contribution in [-0.2, 0) is 0 Å². The van der Waals surface area contributed by atoms with E-state index in [4.69, 9.17) is 0 Å². The van der Waals surface area contributed by atoms with E-state index in [-0.39, 0.29) is 21.9 Å². The summed E-state index contributed by atoms with van der Waals surface area (Å²) < 4.78 is 35.8. The van der Waals surface area contributed by atoms with Crippen molar-refractivity contribution in [3.05, 3.63) is 24.0 Å². The minimum atomic E-state index is -4.25. The van der Waals surface area contributed by atoms with E-state index in [1.165, 1.54) is 12.3 Å². The summed E-state index contributed by atoms with van der Waals surface area (Å²) in [6.07, 6.45) is 1.21. The minimum Gasteiger partial charge on any atom is -0.259 e. The van der Waals surface area contributed by atoms with Crippen molar-refractivity contribution in [3.63, 3.8) is 0 Å². The van der Waals surface area contributed by atoms with E-state index in [0.717, 1.165) is 0 Å². The molecule has 1 atom stereocenters. The van der Waals surface area contributed by atoms with Gasteiger partial charge >= 0.3 is 5.51 Å². The second-order valence-electron chi connectivity index (χ2n) is 2.64. The largest absolute Gasteiger partial charge is 0.446 e. The highest BCUT2D eigenvalue weighted by Gasteiger charge is 2.29. The fraction of sp³-hybridized carbons (Fsp3) is 0.375. The zero-order chi connectivity index (χ0) is 10.8. The Balaban J connectivity index is 2.74. The summed E-state index contributed by atoms with van der Waals surface area (Å²) in [6, 6.07) is 2.94. The molecule has 0 bridgehead atoms. The van der Waals surface area contributed by atoms with E-state index < -0.39 is 5.51 Å². The number of aromatic nitrogens is 1. The fourth-order valence-corrected chi connectivity index (χ4v) is 1.49. The van der Waals surface area contributed by atoms with E-state index in [1.54, 1.807) is 6.07 Å². The van der Waals surface area contributed by atoms with Crippen LogP contribution in [-0.4, -0.2) is 10.5 Å². The summed E-state index contributed by atoms with van der Waals surface area (Å²) in [6.45, 7) is 1.81. The highest BCUT2D eigenvalue weighted by Crippen LogP contribution is 2.36. The minimum absolute atomic E-state index is 0.0695. The topological polar surface area (TPSA) is 12.9 Å². The molecule has 0 fully saturated rings. The first-order valence-corrected chi connectivity index (χ1v) is 5.11. The Morgan fingerprint density at radius 2 is 2.07 bits per heavy atom. The van der Waals surface area contributed by atoms with Gasteiger partial charge in [-0.1, -0.05) is 0 Å². The lowest BCUT2D eigenvalue weighted by Crippen LogP contribution is -1.99. The van der Waals surface area contributed by atoms with E-state index >= 15 is 0 Å². The molecule has 0 amide bonds. The third-order valence-electron chi connectivity index (χ3n) is 1.42. The number of pyridine rings is 1. The van der Waals surface area contributed by atoms with Crippen molar-refractivity contribution in [1.82, 2.24) is 4.98 Å². The van der Waals surface area contributed by atoms with E-state index in [2.05, 4.69) is 17.6 Å². The summed E-state index contributed by atoms with van der Waals surface area (Å²) >= 11 is 3.95. The Bertz CT molecular complexity index is 294. The van der Waals surface area contributed by atoms with Gasteiger partial charge < -0.3 is 0 Å². The first-order valence-electron chi connectivity index (χ1n) is 3.78. The van der Waals surface area contributed by atoms with Crippen LogP contribution in [0.5, 0.6) is 0 Å². The van der Waals surface area contributed by atoms with Crippen LogP contribution in [0, 0.1) is 0 Å². The number of rotatable bonds is 2. The summed E-state index contributed by atoms with van der Waals surface area (Å²) in [7, 11) is 0. The third-order valence-corrected chi connectivity index (χ3v) is 2.39. The Morgan fingerprint density at radius 1 is 1.43 bits per heavy atom. The lowest BCUT2D eigenvalue weighted by atomic mass is 10.3. The number of thioether (sulfide) groups is 1. The van der Waals surface area contributed by atoms with Crippen molar-refractivity contribution in [1.29, 1.82) is 0 Å². The van der Waals surface area contributed by atoms with Crippen LogP contribution in [0.4, 0.5) is 13.2 Å². The van der Waals surface area contributed by atoms with Crippen LogP contribution in [0.1, 0.15) is 17.9 Å². The van der Waals surface area contributed by atoms with Crippen LogP contribution in [0.2, 0.25) is 0 Å². The summed E-state index contributed by atoms with van der Waals surface area (Å²) in [5.41, 5.74) is -3.59. The number of nitrogens with zero attached hydrogens (tertiary/aromatic N) is 1. The zero-order valence-electron chi connectivity index (χ0n) is 7.25. The predicted octanol–water partition coefficient (Wildman–Crippen LogP) is 3.68. The quantitative estimate of drug-likeness (QED) is 0.624. The highest BCUT2D eigenvalue weighted by molar-refractivity contribution is 8.00. The second kappa shape index (κ2) is 4.44. The Labute approximate surface area is 89.5 Å². The second-order valence-corrected chi connectivity index (χ2v) is 4.56. The molecule has 0 radical (unpaired) electrons. The molecule has 0 spiro atoms. The monoisotopic (exact) mass is 239 g/mol. The van der Waals surface area contributed by atoms with E-state index in [0.29, 0.717) is 5.69 Å². The molecule has 1 heterocycles. The number of hydrogen-bond donors (Lipinski definition) is 1. The number of hydrogen-bond acceptors (Lipinski definition) is 3. The molecule has 6 heteroatoms. The molecular weight excluding hydrogens is 231 g/mol. The molecule has 14 heavy (non-hydrogen) atoms. The summed E-state index contributed by atoms with van der Waals surface area (Å²) in [4.78, 5) is 3.96. The van der Waals surface area contributed by atoms with E-state index in [1.807, 2.05) is 6.92 Å². The van der Waals surface area contributed by atoms with Gasteiger partial charge in [-0.2, -0.15) is 25.8 Å². The van der Waals surface area contributed by atoms with Gasteiger partial charge in [-0.05, 0) is 30.8 Å². The molecule has 1 unspecified atom stereocenters. The van der Waals surface area contributed by atoms with Crippen molar-refractivity contribution >= 4 is 24.4 Å². The first-order chi connectivity index (χ1) is 6.38. The molecule has 0 aliphatic rings. The molecule has 1 rings (SSSR count). The third kappa shape index (κ3) is 3.79. The average Bonchev–Trinajstić information content (AvgIpc) is 2.02. The van der Waals surface area contributed by atoms with Gasteiger partial charge in [0.1, 0.15) is 0 Å². The maximum atomic E-state index is 11.9. The molecule has 78 valence electrons. The lowest BCUT2D eigenvalue weighted by Gasteiger charge is -2.06. The molecule has 0 aliphatic heterocycles. The average molecular weight is 239 g/mol. The smallest absolute Gasteiger partial charge is 0.259 e. The summed E-state index contributed by atoms with van der Waals surface area (Å²) in [5, 5.41) is -0.0695. The van der Waals surface area contributed by atoms with Crippen LogP contribution in [0.3, 0.4) is 0 Å². The van der Waals surface area contributed by atoms with Gasteiger partial charge in [-0.3, -0.25) is 4.98 Å². The molecular formula is C8H8F3NS2. The van der Waals surface area contributed by atoms with Gasteiger partial charge in [-0.15, -0.1) is 0 Å². The lowest BCUT2D eigenvalue weighted by molar-refractivity contribution is -0.0328. The maximum Gasteiger partial charge on any atom is 0.446 e. The van der Waals surface area contributed by atoms with Crippen molar-refractivity contribution in [2.24, 2.45) is 0 Å². The highest BCUT2D eigenvalue weighted by atomic mass is 32.2. The Hall–Kier alpha value is -0.360.